The van der Waals surface area contributed by atoms with Gasteiger partial charge < -0.3 is 4.74 Å². The van der Waals surface area contributed by atoms with Gasteiger partial charge in [-0.3, -0.25) is 9.59 Å². The molecule has 0 unspecified atom stereocenters. The van der Waals surface area contributed by atoms with Crippen LogP contribution in [0.1, 0.15) is 26.5 Å². The first kappa shape index (κ1) is 15.2. The van der Waals surface area contributed by atoms with Gasteiger partial charge in [-0.05, 0) is 27.7 Å². The number of aromatic nitrogens is 1. The molecule has 1 aromatic heterocycles. The van der Waals surface area contributed by atoms with E-state index >= 15 is 0 Å². The van der Waals surface area contributed by atoms with Gasteiger partial charge in [-0.25, -0.2) is 4.98 Å². The number of rotatable bonds is 6. The number of Topliss-reactive ketones (excluding diaryl/α,β-unsaturated/α-hetero) is 1. The first-order valence-electron chi connectivity index (χ1n) is 5.63. The minimum absolute atomic E-state index is 0.140. The topological polar surface area (TPSA) is 56.3 Å². The molecule has 1 heterocycles. The molecule has 0 saturated heterocycles. The van der Waals surface area contributed by atoms with Gasteiger partial charge in [0.15, 0.2) is 10.1 Å². The molecule has 0 fully saturated rings. The molecule has 0 aliphatic rings. The Labute approximate surface area is 115 Å². The smallest absolute Gasteiger partial charge is 0.319 e. The number of ketones is 1. The summed E-state index contributed by atoms with van der Waals surface area (Å²) in [6, 6.07) is 0. The minimum atomic E-state index is -1.09. The lowest BCUT2D eigenvalue weighted by atomic mass is 9.89. The van der Waals surface area contributed by atoms with Gasteiger partial charge in [0.05, 0.1) is 12.4 Å². The third kappa shape index (κ3) is 3.81. The lowest BCUT2D eigenvalue weighted by Crippen LogP contribution is -2.36. The third-order valence-corrected chi connectivity index (χ3v) is 4.55. The molecule has 100 valence electrons. The number of thiazole rings is 1. The zero-order valence-electron chi connectivity index (χ0n) is 11.0. The molecule has 0 N–H and O–H groups in total. The number of hydrogen-bond acceptors (Lipinski definition) is 6. The number of esters is 1. The van der Waals surface area contributed by atoms with Gasteiger partial charge in [0.25, 0.3) is 0 Å². The van der Waals surface area contributed by atoms with Crippen molar-refractivity contribution in [3.63, 3.8) is 0 Å². The maximum atomic E-state index is 12.0. The standard InChI is InChI=1S/C12H17NO3S2/c1-5-16-10(15)12(3,4)9(14)7-18-11-13-8(2)6-17-11/h6H,5,7H2,1-4H3. The molecule has 0 atom stereocenters. The van der Waals surface area contributed by atoms with Crippen molar-refractivity contribution in [1.82, 2.24) is 4.98 Å². The molecule has 1 rings (SSSR count). The van der Waals surface area contributed by atoms with Gasteiger partial charge in [0.1, 0.15) is 5.41 Å². The van der Waals surface area contributed by atoms with Crippen LogP contribution in [0, 0.1) is 12.3 Å². The molecule has 18 heavy (non-hydrogen) atoms. The van der Waals surface area contributed by atoms with Crippen molar-refractivity contribution < 1.29 is 14.3 Å². The summed E-state index contributed by atoms with van der Waals surface area (Å²) >= 11 is 2.87. The number of nitrogens with zero attached hydrogens (tertiary/aromatic N) is 1. The molecule has 0 aliphatic heterocycles. The van der Waals surface area contributed by atoms with Crippen LogP contribution in [0.15, 0.2) is 9.72 Å². The van der Waals surface area contributed by atoms with E-state index in [0.29, 0.717) is 0 Å². The van der Waals surface area contributed by atoms with Crippen LogP contribution in [-0.2, 0) is 14.3 Å². The second kappa shape index (κ2) is 6.33. The zero-order valence-corrected chi connectivity index (χ0v) is 12.6. The van der Waals surface area contributed by atoms with E-state index < -0.39 is 11.4 Å². The Hall–Kier alpha value is -0.880. The lowest BCUT2D eigenvalue weighted by molar-refractivity contribution is -0.157. The van der Waals surface area contributed by atoms with Crippen molar-refractivity contribution >= 4 is 34.9 Å². The molecule has 0 aromatic carbocycles. The van der Waals surface area contributed by atoms with E-state index in [2.05, 4.69) is 4.98 Å². The second-order valence-electron chi connectivity index (χ2n) is 4.31. The monoisotopic (exact) mass is 287 g/mol. The Morgan fingerprint density at radius 3 is 2.67 bits per heavy atom. The molecule has 0 saturated carbocycles. The van der Waals surface area contributed by atoms with E-state index in [0.717, 1.165) is 10.0 Å². The summed E-state index contributed by atoms with van der Waals surface area (Å²) in [6.07, 6.45) is 0. The van der Waals surface area contributed by atoms with E-state index in [1.807, 2.05) is 12.3 Å². The van der Waals surface area contributed by atoms with Crippen LogP contribution in [0.3, 0.4) is 0 Å². The van der Waals surface area contributed by atoms with Gasteiger partial charge in [0, 0.05) is 11.1 Å². The van der Waals surface area contributed by atoms with Crippen molar-refractivity contribution in [1.29, 1.82) is 0 Å². The molecule has 0 aliphatic carbocycles. The molecular formula is C12H17NO3S2. The van der Waals surface area contributed by atoms with Crippen molar-refractivity contribution in [2.45, 2.75) is 32.0 Å². The van der Waals surface area contributed by atoms with Crippen molar-refractivity contribution in [2.24, 2.45) is 5.41 Å². The normalized spacial score (nSPS) is 11.3. The van der Waals surface area contributed by atoms with Gasteiger partial charge in [-0.1, -0.05) is 11.8 Å². The second-order valence-corrected chi connectivity index (χ2v) is 6.39. The van der Waals surface area contributed by atoms with Crippen LogP contribution in [0.25, 0.3) is 0 Å². The molecule has 1 aromatic rings. The SMILES string of the molecule is CCOC(=O)C(C)(C)C(=O)CSc1nc(C)cs1. The zero-order chi connectivity index (χ0) is 13.8. The van der Waals surface area contributed by atoms with Crippen LogP contribution >= 0.6 is 23.1 Å². The number of hydrogen-bond donors (Lipinski definition) is 0. The average Bonchev–Trinajstić information content (AvgIpc) is 2.72. The lowest BCUT2D eigenvalue weighted by Gasteiger charge is -2.20. The highest BCUT2D eigenvalue weighted by Gasteiger charge is 2.37. The summed E-state index contributed by atoms with van der Waals surface area (Å²) in [5.41, 5.74) is -0.144. The number of carbonyl (C=O) groups excluding carboxylic acids is 2. The Morgan fingerprint density at radius 1 is 1.50 bits per heavy atom. The van der Waals surface area contributed by atoms with E-state index in [1.165, 1.54) is 23.1 Å². The van der Waals surface area contributed by atoms with Crippen molar-refractivity contribution in [3.05, 3.63) is 11.1 Å². The summed E-state index contributed by atoms with van der Waals surface area (Å²) in [5, 5.41) is 1.93. The van der Waals surface area contributed by atoms with Crippen LogP contribution < -0.4 is 0 Å². The Balaban J connectivity index is 2.56. The first-order valence-corrected chi connectivity index (χ1v) is 7.50. The highest BCUT2D eigenvalue weighted by Crippen LogP contribution is 2.27. The van der Waals surface area contributed by atoms with Crippen molar-refractivity contribution in [2.75, 3.05) is 12.4 Å². The molecule has 0 spiro atoms. The quantitative estimate of drug-likeness (QED) is 0.457. The predicted octanol–water partition coefficient (Wildman–Crippen LogP) is 2.70. The fraction of sp³-hybridized carbons (Fsp3) is 0.583. The van der Waals surface area contributed by atoms with E-state index in [4.69, 9.17) is 4.74 Å². The fourth-order valence-corrected chi connectivity index (χ4v) is 3.07. The summed E-state index contributed by atoms with van der Waals surface area (Å²) in [6.45, 7) is 7.12. The maximum Gasteiger partial charge on any atom is 0.319 e. The highest BCUT2D eigenvalue weighted by molar-refractivity contribution is 8.01. The Kier molecular flexibility index (Phi) is 5.34. The number of carbonyl (C=O) groups is 2. The molecule has 6 heteroatoms. The Bertz CT molecular complexity index is 440. The fourth-order valence-electron chi connectivity index (χ4n) is 1.13. The predicted molar refractivity (Wildman–Crippen MR) is 73.0 cm³/mol. The Morgan fingerprint density at radius 2 is 2.17 bits per heavy atom. The first-order chi connectivity index (χ1) is 8.37. The van der Waals surface area contributed by atoms with Gasteiger partial charge >= 0.3 is 5.97 Å². The third-order valence-electron chi connectivity index (χ3n) is 2.41. The average molecular weight is 287 g/mol. The van der Waals surface area contributed by atoms with Crippen LogP contribution in [-0.4, -0.2) is 29.1 Å². The molecule has 0 radical (unpaired) electrons. The molecule has 0 bridgehead atoms. The van der Waals surface area contributed by atoms with E-state index in [1.54, 1.807) is 20.8 Å². The summed E-state index contributed by atoms with van der Waals surface area (Å²) in [5.74, 6) is -0.372. The van der Waals surface area contributed by atoms with Crippen LogP contribution in [0.5, 0.6) is 0 Å². The van der Waals surface area contributed by atoms with Crippen LogP contribution in [0.4, 0.5) is 0 Å². The minimum Gasteiger partial charge on any atom is -0.465 e. The highest BCUT2D eigenvalue weighted by atomic mass is 32.2. The van der Waals surface area contributed by atoms with E-state index in [9.17, 15) is 9.59 Å². The van der Waals surface area contributed by atoms with Gasteiger partial charge in [-0.15, -0.1) is 11.3 Å². The van der Waals surface area contributed by atoms with Crippen LogP contribution in [0.2, 0.25) is 0 Å². The van der Waals surface area contributed by atoms with Crippen molar-refractivity contribution in [3.8, 4) is 0 Å². The number of thioether (sulfide) groups is 1. The summed E-state index contributed by atoms with van der Waals surface area (Å²) < 4.78 is 5.75. The molecular weight excluding hydrogens is 270 g/mol. The van der Waals surface area contributed by atoms with Gasteiger partial charge in [0.2, 0.25) is 0 Å². The molecule has 4 nitrogen and oxygen atoms in total. The largest absolute Gasteiger partial charge is 0.465 e. The molecule has 0 amide bonds. The van der Waals surface area contributed by atoms with E-state index in [-0.39, 0.29) is 18.1 Å². The summed E-state index contributed by atoms with van der Waals surface area (Å²) in [4.78, 5) is 27.9. The summed E-state index contributed by atoms with van der Waals surface area (Å²) in [7, 11) is 0. The maximum absolute atomic E-state index is 12.0. The number of aryl methyl sites for hydroxylation is 1. The van der Waals surface area contributed by atoms with Gasteiger partial charge in [-0.2, -0.15) is 0 Å². The number of ether oxygens (including phenoxy) is 1.